The van der Waals surface area contributed by atoms with Gasteiger partial charge >= 0.3 is 5.97 Å². The molecule has 0 saturated heterocycles. The van der Waals surface area contributed by atoms with Crippen LogP contribution >= 0.6 is 15.9 Å². The predicted octanol–water partition coefficient (Wildman–Crippen LogP) is 2.55. The number of carbonyl (C=O) groups is 2. The summed E-state index contributed by atoms with van der Waals surface area (Å²) in [5.41, 5.74) is 5.95. The molecular weight excluding hydrogens is 324 g/mol. The number of amides is 1. The summed E-state index contributed by atoms with van der Waals surface area (Å²) in [6, 6.07) is 5.04. The molecule has 1 aromatic carbocycles. The number of nitrogen functional groups attached to an aromatic ring is 1. The molecule has 1 aromatic rings. The number of anilines is 1. The molecule has 0 aromatic heterocycles. The predicted molar refractivity (Wildman–Crippen MR) is 79.5 cm³/mol. The van der Waals surface area contributed by atoms with Gasteiger partial charge < -0.3 is 16.2 Å². The van der Waals surface area contributed by atoms with Crippen LogP contribution < -0.4 is 11.1 Å². The van der Waals surface area contributed by atoms with E-state index in [0.717, 1.165) is 17.3 Å². The van der Waals surface area contributed by atoms with E-state index < -0.39 is 11.5 Å². The molecule has 1 aliphatic rings. The SMILES string of the molecule is Nc1cc(Br)ccc1C(=O)NC1(CC(=O)O)CCCC1. The molecular formula is C14H17BrN2O3. The molecule has 0 atom stereocenters. The summed E-state index contributed by atoms with van der Waals surface area (Å²) in [7, 11) is 0. The first kappa shape index (κ1) is 14.8. The van der Waals surface area contributed by atoms with Gasteiger partial charge in [0.05, 0.1) is 17.5 Å². The lowest BCUT2D eigenvalue weighted by atomic mass is 9.92. The highest BCUT2D eigenvalue weighted by atomic mass is 79.9. The van der Waals surface area contributed by atoms with Crippen LogP contribution in [-0.4, -0.2) is 22.5 Å². The Kier molecular flexibility index (Phi) is 4.32. The molecule has 0 bridgehead atoms. The van der Waals surface area contributed by atoms with E-state index in [0.29, 0.717) is 24.1 Å². The molecule has 1 saturated carbocycles. The number of carbonyl (C=O) groups excluding carboxylic acids is 1. The van der Waals surface area contributed by atoms with Crippen LogP contribution in [0.2, 0.25) is 0 Å². The van der Waals surface area contributed by atoms with Crippen LogP contribution in [-0.2, 0) is 4.79 Å². The van der Waals surface area contributed by atoms with Gasteiger partial charge in [-0.2, -0.15) is 0 Å². The first-order chi connectivity index (χ1) is 9.42. The third-order valence-corrected chi connectivity index (χ3v) is 4.18. The van der Waals surface area contributed by atoms with Gasteiger partial charge in [-0.05, 0) is 31.0 Å². The van der Waals surface area contributed by atoms with Crippen molar-refractivity contribution in [1.82, 2.24) is 5.32 Å². The van der Waals surface area contributed by atoms with Crippen molar-refractivity contribution in [3.63, 3.8) is 0 Å². The smallest absolute Gasteiger partial charge is 0.305 e. The Bertz CT molecular complexity index is 539. The zero-order valence-electron chi connectivity index (χ0n) is 11.0. The van der Waals surface area contributed by atoms with Gasteiger partial charge in [-0.1, -0.05) is 28.8 Å². The fourth-order valence-electron chi connectivity index (χ4n) is 2.74. The Morgan fingerprint density at radius 2 is 2.00 bits per heavy atom. The summed E-state index contributed by atoms with van der Waals surface area (Å²) in [6.45, 7) is 0. The molecule has 1 aliphatic carbocycles. The molecule has 108 valence electrons. The van der Waals surface area contributed by atoms with E-state index in [9.17, 15) is 9.59 Å². The van der Waals surface area contributed by atoms with Crippen molar-refractivity contribution in [3.05, 3.63) is 28.2 Å². The van der Waals surface area contributed by atoms with Crippen molar-refractivity contribution in [2.45, 2.75) is 37.6 Å². The molecule has 4 N–H and O–H groups in total. The van der Waals surface area contributed by atoms with Crippen LogP contribution in [0.4, 0.5) is 5.69 Å². The van der Waals surface area contributed by atoms with Crippen molar-refractivity contribution in [1.29, 1.82) is 0 Å². The van der Waals surface area contributed by atoms with E-state index in [2.05, 4.69) is 21.2 Å². The monoisotopic (exact) mass is 340 g/mol. The lowest BCUT2D eigenvalue weighted by Crippen LogP contribution is -2.47. The van der Waals surface area contributed by atoms with E-state index >= 15 is 0 Å². The van der Waals surface area contributed by atoms with Crippen LogP contribution in [0.1, 0.15) is 42.5 Å². The second kappa shape index (κ2) is 5.83. The van der Waals surface area contributed by atoms with Crippen molar-refractivity contribution in [2.75, 3.05) is 5.73 Å². The normalized spacial score (nSPS) is 16.9. The molecule has 1 fully saturated rings. The summed E-state index contributed by atoms with van der Waals surface area (Å²) >= 11 is 3.29. The molecule has 0 heterocycles. The quantitative estimate of drug-likeness (QED) is 0.734. The number of hydrogen-bond acceptors (Lipinski definition) is 3. The fourth-order valence-corrected chi connectivity index (χ4v) is 3.11. The summed E-state index contributed by atoms with van der Waals surface area (Å²) in [6.07, 6.45) is 3.21. The highest BCUT2D eigenvalue weighted by molar-refractivity contribution is 9.10. The zero-order valence-corrected chi connectivity index (χ0v) is 12.6. The maximum absolute atomic E-state index is 12.3. The van der Waals surface area contributed by atoms with Crippen molar-refractivity contribution in [2.24, 2.45) is 0 Å². The Morgan fingerprint density at radius 3 is 2.55 bits per heavy atom. The van der Waals surface area contributed by atoms with Crippen LogP contribution in [0.5, 0.6) is 0 Å². The molecule has 6 heteroatoms. The second-order valence-corrected chi connectivity index (χ2v) is 6.16. The van der Waals surface area contributed by atoms with Gasteiger partial charge in [-0.25, -0.2) is 0 Å². The van der Waals surface area contributed by atoms with E-state index in [-0.39, 0.29) is 12.3 Å². The number of hydrogen-bond donors (Lipinski definition) is 3. The molecule has 0 unspecified atom stereocenters. The van der Waals surface area contributed by atoms with Crippen molar-refractivity contribution < 1.29 is 14.7 Å². The van der Waals surface area contributed by atoms with E-state index in [1.165, 1.54) is 0 Å². The number of nitrogens with two attached hydrogens (primary N) is 1. The van der Waals surface area contributed by atoms with Gasteiger partial charge in [0.1, 0.15) is 0 Å². The highest BCUT2D eigenvalue weighted by Gasteiger charge is 2.37. The van der Waals surface area contributed by atoms with Crippen LogP contribution in [0.15, 0.2) is 22.7 Å². The minimum absolute atomic E-state index is 0.0465. The minimum Gasteiger partial charge on any atom is -0.481 e. The summed E-state index contributed by atoms with van der Waals surface area (Å²) < 4.78 is 0.799. The standard InChI is InChI=1S/C14H17BrN2O3/c15-9-3-4-10(11(16)7-9)13(20)17-14(8-12(18)19)5-1-2-6-14/h3-4,7H,1-2,5-6,8,16H2,(H,17,20)(H,18,19). The van der Waals surface area contributed by atoms with E-state index in [4.69, 9.17) is 10.8 Å². The Morgan fingerprint density at radius 1 is 1.35 bits per heavy atom. The van der Waals surface area contributed by atoms with Crippen LogP contribution in [0.25, 0.3) is 0 Å². The summed E-state index contributed by atoms with van der Waals surface area (Å²) in [4.78, 5) is 23.3. The molecule has 5 nitrogen and oxygen atoms in total. The summed E-state index contributed by atoms with van der Waals surface area (Å²) in [5.74, 6) is -1.20. The fraction of sp³-hybridized carbons (Fsp3) is 0.429. The lowest BCUT2D eigenvalue weighted by Gasteiger charge is -2.29. The summed E-state index contributed by atoms with van der Waals surface area (Å²) in [5, 5.41) is 11.9. The van der Waals surface area contributed by atoms with Crippen molar-refractivity contribution in [3.8, 4) is 0 Å². The minimum atomic E-state index is -0.893. The first-order valence-electron chi connectivity index (χ1n) is 6.51. The van der Waals surface area contributed by atoms with Crippen LogP contribution in [0.3, 0.4) is 0 Å². The molecule has 20 heavy (non-hydrogen) atoms. The largest absolute Gasteiger partial charge is 0.481 e. The number of benzene rings is 1. The number of carboxylic acid groups (broad SMARTS) is 1. The van der Waals surface area contributed by atoms with Gasteiger partial charge in [0, 0.05) is 10.2 Å². The Balaban J connectivity index is 2.18. The Hall–Kier alpha value is -1.56. The van der Waals surface area contributed by atoms with Crippen molar-refractivity contribution >= 4 is 33.5 Å². The second-order valence-electron chi connectivity index (χ2n) is 5.24. The molecule has 0 aliphatic heterocycles. The van der Waals surface area contributed by atoms with Gasteiger partial charge in [-0.3, -0.25) is 9.59 Å². The average molecular weight is 341 g/mol. The van der Waals surface area contributed by atoms with Gasteiger partial charge in [0.25, 0.3) is 5.91 Å². The Labute approximate surface area is 125 Å². The first-order valence-corrected chi connectivity index (χ1v) is 7.30. The highest BCUT2D eigenvalue weighted by Crippen LogP contribution is 2.33. The zero-order chi connectivity index (χ0) is 14.8. The lowest BCUT2D eigenvalue weighted by molar-refractivity contribution is -0.138. The van der Waals surface area contributed by atoms with E-state index in [1.807, 2.05) is 0 Å². The number of halogens is 1. The average Bonchev–Trinajstić information content (AvgIpc) is 2.75. The topological polar surface area (TPSA) is 92.4 Å². The molecule has 0 radical (unpaired) electrons. The number of nitrogens with one attached hydrogen (secondary N) is 1. The van der Waals surface area contributed by atoms with Gasteiger partial charge in [-0.15, -0.1) is 0 Å². The third-order valence-electron chi connectivity index (χ3n) is 3.69. The van der Waals surface area contributed by atoms with Crippen LogP contribution in [0, 0.1) is 0 Å². The molecule has 2 rings (SSSR count). The molecule has 1 amide bonds. The number of rotatable bonds is 4. The van der Waals surface area contributed by atoms with Gasteiger partial charge in [0.15, 0.2) is 0 Å². The maximum atomic E-state index is 12.3. The third kappa shape index (κ3) is 3.30. The number of aliphatic carboxylic acids is 1. The molecule has 0 spiro atoms. The van der Waals surface area contributed by atoms with Gasteiger partial charge in [0.2, 0.25) is 0 Å². The maximum Gasteiger partial charge on any atom is 0.305 e. The number of carboxylic acids is 1. The van der Waals surface area contributed by atoms with E-state index in [1.54, 1.807) is 18.2 Å².